The van der Waals surface area contributed by atoms with E-state index in [1.54, 1.807) is 24.0 Å². The van der Waals surface area contributed by atoms with Crippen LogP contribution in [0, 0.1) is 0 Å². The Labute approximate surface area is 108 Å². The summed E-state index contributed by atoms with van der Waals surface area (Å²) in [5.41, 5.74) is 0.817. The fourth-order valence-corrected chi connectivity index (χ4v) is 1.52. The van der Waals surface area contributed by atoms with E-state index in [1.807, 2.05) is 0 Å². The van der Waals surface area contributed by atoms with Gasteiger partial charge in [0, 0.05) is 25.0 Å². The molecule has 19 heavy (non-hydrogen) atoms. The minimum absolute atomic E-state index is 0.162. The second-order valence-corrected chi connectivity index (χ2v) is 3.90. The summed E-state index contributed by atoms with van der Waals surface area (Å²) < 4.78 is 1.64. The molecule has 0 aliphatic rings. The van der Waals surface area contributed by atoms with Crippen molar-refractivity contribution in [1.82, 2.24) is 20.1 Å². The van der Waals surface area contributed by atoms with Gasteiger partial charge < -0.3 is 10.4 Å². The molecule has 7 heteroatoms. The molecule has 0 spiro atoms. The number of carbonyl (C=O) groups excluding carboxylic acids is 1. The number of amides is 1. The van der Waals surface area contributed by atoms with Gasteiger partial charge in [0.25, 0.3) is 5.91 Å². The summed E-state index contributed by atoms with van der Waals surface area (Å²) in [6.45, 7) is 0.282. The molecule has 2 heterocycles. The first kappa shape index (κ1) is 12.7. The van der Waals surface area contributed by atoms with Crippen LogP contribution in [0.25, 0.3) is 0 Å². The molecule has 0 radical (unpaired) electrons. The number of aromatic nitrogens is 3. The maximum atomic E-state index is 11.8. The molecule has 2 rings (SSSR count). The van der Waals surface area contributed by atoms with Crippen molar-refractivity contribution in [2.75, 3.05) is 0 Å². The van der Waals surface area contributed by atoms with Crippen LogP contribution in [0.3, 0.4) is 0 Å². The van der Waals surface area contributed by atoms with E-state index in [0.717, 1.165) is 5.69 Å². The van der Waals surface area contributed by atoms with Crippen LogP contribution >= 0.6 is 0 Å². The fraction of sp³-hybridized carbons (Fsp3) is 0.167. The summed E-state index contributed by atoms with van der Waals surface area (Å²) in [5.74, 6) is -1.53. The Bertz CT molecular complexity index is 621. The third kappa shape index (κ3) is 3.15. The van der Waals surface area contributed by atoms with Crippen LogP contribution in [-0.4, -0.2) is 31.7 Å². The predicted molar refractivity (Wildman–Crippen MR) is 65.6 cm³/mol. The van der Waals surface area contributed by atoms with Crippen molar-refractivity contribution < 1.29 is 14.7 Å². The minimum atomic E-state index is -1.17. The molecule has 98 valence electrons. The number of rotatable bonds is 4. The van der Waals surface area contributed by atoms with Crippen LogP contribution in [0.2, 0.25) is 0 Å². The molecule has 0 atom stereocenters. The summed E-state index contributed by atoms with van der Waals surface area (Å²) in [6.07, 6.45) is 3.07. The second-order valence-electron chi connectivity index (χ2n) is 3.90. The molecule has 0 fully saturated rings. The monoisotopic (exact) mass is 260 g/mol. The van der Waals surface area contributed by atoms with E-state index >= 15 is 0 Å². The standard InChI is InChI=1S/C12H12N4O3/c1-16-5-3-9(15-16)7-14-11(17)8-2-4-13-10(6-8)12(18)19/h2-6H,7H2,1H3,(H,14,17)(H,18,19). The largest absolute Gasteiger partial charge is 0.477 e. The molecule has 7 nitrogen and oxygen atoms in total. The van der Waals surface area contributed by atoms with Crippen molar-refractivity contribution in [3.05, 3.63) is 47.5 Å². The van der Waals surface area contributed by atoms with Crippen molar-refractivity contribution in [2.24, 2.45) is 7.05 Å². The highest BCUT2D eigenvalue weighted by molar-refractivity contribution is 5.96. The highest BCUT2D eigenvalue weighted by atomic mass is 16.4. The molecule has 2 aromatic rings. The summed E-state index contributed by atoms with van der Waals surface area (Å²) in [4.78, 5) is 26.2. The molecule has 0 aromatic carbocycles. The van der Waals surface area contributed by atoms with Crippen LogP contribution in [-0.2, 0) is 13.6 Å². The Balaban J connectivity index is 2.03. The van der Waals surface area contributed by atoms with Crippen LogP contribution in [0.4, 0.5) is 0 Å². The molecule has 0 saturated carbocycles. The van der Waals surface area contributed by atoms with Crippen molar-refractivity contribution in [2.45, 2.75) is 6.54 Å². The quantitative estimate of drug-likeness (QED) is 0.831. The lowest BCUT2D eigenvalue weighted by molar-refractivity contribution is 0.0690. The number of pyridine rings is 1. The predicted octanol–water partition coefficient (Wildman–Crippen LogP) is 0.443. The number of aromatic carboxylic acids is 1. The van der Waals surface area contributed by atoms with Crippen LogP contribution in [0.15, 0.2) is 30.6 Å². The van der Waals surface area contributed by atoms with Gasteiger partial charge in [-0.25, -0.2) is 9.78 Å². The lowest BCUT2D eigenvalue weighted by Gasteiger charge is -2.03. The third-order valence-corrected chi connectivity index (χ3v) is 2.44. The van der Waals surface area contributed by atoms with E-state index in [4.69, 9.17) is 5.11 Å². The molecule has 0 bridgehead atoms. The second kappa shape index (κ2) is 5.30. The molecule has 1 amide bonds. The number of hydrogen-bond acceptors (Lipinski definition) is 4. The van der Waals surface area contributed by atoms with E-state index in [1.165, 1.54) is 18.3 Å². The fourth-order valence-electron chi connectivity index (χ4n) is 1.52. The third-order valence-electron chi connectivity index (χ3n) is 2.44. The lowest BCUT2D eigenvalue weighted by Crippen LogP contribution is -2.23. The Hall–Kier alpha value is -2.70. The summed E-state index contributed by atoms with van der Waals surface area (Å²) in [6, 6.07) is 4.48. The zero-order chi connectivity index (χ0) is 13.8. The van der Waals surface area contributed by atoms with Gasteiger partial charge in [-0.15, -0.1) is 0 Å². The first-order chi connectivity index (χ1) is 9.06. The Morgan fingerprint density at radius 2 is 2.21 bits per heavy atom. The Morgan fingerprint density at radius 1 is 1.42 bits per heavy atom. The molecule has 2 N–H and O–H groups in total. The zero-order valence-corrected chi connectivity index (χ0v) is 10.2. The number of carboxylic acid groups (broad SMARTS) is 1. The van der Waals surface area contributed by atoms with Crippen LogP contribution < -0.4 is 5.32 Å². The van der Waals surface area contributed by atoms with Crippen molar-refractivity contribution in [1.29, 1.82) is 0 Å². The molecule has 0 aliphatic carbocycles. The lowest BCUT2D eigenvalue weighted by atomic mass is 10.2. The van der Waals surface area contributed by atoms with Gasteiger partial charge in [-0.2, -0.15) is 5.10 Å². The first-order valence-electron chi connectivity index (χ1n) is 5.52. The number of carbonyl (C=O) groups is 2. The Kier molecular flexibility index (Phi) is 3.56. The molecular formula is C12H12N4O3. The van der Waals surface area contributed by atoms with E-state index in [9.17, 15) is 9.59 Å². The molecule has 0 aliphatic heterocycles. The minimum Gasteiger partial charge on any atom is -0.477 e. The molecule has 0 unspecified atom stereocenters. The Morgan fingerprint density at radius 3 is 2.84 bits per heavy atom. The topological polar surface area (TPSA) is 97.1 Å². The van der Waals surface area contributed by atoms with Gasteiger partial charge in [-0.1, -0.05) is 0 Å². The van der Waals surface area contributed by atoms with E-state index < -0.39 is 5.97 Å². The van der Waals surface area contributed by atoms with Crippen molar-refractivity contribution in [3.63, 3.8) is 0 Å². The van der Waals surface area contributed by atoms with Gasteiger partial charge in [0.2, 0.25) is 0 Å². The zero-order valence-electron chi connectivity index (χ0n) is 10.2. The number of aryl methyl sites for hydroxylation is 1. The normalized spacial score (nSPS) is 10.2. The van der Waals surface area contributed by atoms with Gasteiger partial charge >= 0.3 is 5.97 Å². The van der Waals surface area contributed by atoms with Crippen LogP contribution in [0.1, 0.15) is 26.5 Å². The SMILES string of the molecule is Cn1ccc(CNC(=O)c2ccnc(C(=O)O)c2)n1. The summed E-state index contributed by atoms with van der Waals surface area (Å²) in [7, 11) is 1.79. The van der Waals surface area contributed by atoms with Crippen molar-refractivity contribution in [3.8, 4) is 0 Å². The van der Waals surface area contributed by atoms with Gasteiger partial charge in [0.1, 0.15) is 5.69 Å². The summed E-state index contributed by atoms with van der Waals surface area (Å²) >= 11 is 0. The maximum absolute atomic E-state index is 11.8. The van der Waals surface area contributed by atoms with Crippen LogP contribution in [0.5, 0.6) is 0 Å². The number of hydrogen-bond donors (Lipinski definition) is 2. The highest BCUT2D eigenvalue weighted by Gasteiger charge is 2.10. The van der Waals surface area contributed by atoms with Crippen molar-refractivity contribution >= 4 is 11.9 Å². The average molecular weight is 260 g/mol. The summed E-state index contributed by atoms with van der Waals surface area (Å²) in [5, 5.41) is 15.6. The van der Waals surface area contributed by atoms with Gasteiger partial charge in [-0.05, 0) is 18.2 Å². The van der Waals surface area contributed by atoms with E-state index in [0.29, 0.717) is 0 Å². The number of carboxylic acids is 1. The average Bonchev–Trinajstić information content (AvgIpc) is 2.82. The molecule has 0 saturated heterocycles. The van der Waals surface area contributed by atoms with E-state index in [-0.39, 0.29) is 23.7 Å². The maximum Gasteiger partial charge on any atom is 0.354 e. The first-order valence-corrected chi connectivity index (χ1v) is 5.52. The number of nitrogens with one attached hydrogen (secondary N) is 1. The van der Waals surface area contributed by atoms with Gasteiger partial charge in [0.15, 0.2) is 0 Å². The number of nitrogens with zero attached hydrogens (tertiary/aromatic N) is 3. The van der Waals surface area contributed by atoms with Gasteiger partial charge in [0.05, 0.1) is 12.2 Å². The molecule has 2 aromatic heterocycles. The smallest absolute Gasteiger partial charge is 0.354 e. The highest BCUT2D eigenvalue weighted by Crippen LogP contribution is 2.03. The molecular weight excluding hydrogens is 248 g/mol. The van der Waals surface area contributed by atoms with E-state index in [2.05, 4.69) is 15.4 Å². The van der Waals surface area contributed by atoms with Gasteiger partial charge in [-0.3, -0.25) is 9.48 Å².